The SMILES string of the molecule is CCCCCCCC[N+](CCCCCCCC)(CCCCCCCC)CCCCCCCC.C[N+](C)(C)Cc1ccccc1.[O-][Cl+3]([O-])([O-])[O-].[O-][Cl+3]([O-])([O-])[O-]. The van der Waals surface area contributed by atoms with Gasteiger partial charge in [-0.25, -0.2) is 37.3 Å². The average molecular weight is 816 g/mol. The maximum absolute atomic E-state index is 8.49. The Balaban J connectivity index is -0.000000991. The van der Waals surface area contributed by atoms with Crippen LogP contribution >= 0.6 is 0 Å². The van der Waals surface area contributed by atoms with E-state index in [4.69, 9.17) is 37.3 Å². The van der Waals surface area contributed by atoms with E-state index in [2.05, 4.69) is 79.2 Å². The molecular weight excluding hydrogens is 731 g/mol. The molecule has 0 saturated carbocycles. The number of hydrogen-bond acceptors (Lipinski definition) is 8. The van der Waals surface area contributed by atoms with Crippen molar-refractivity contribution in [2.75, 3.05) is 47.3 Å². The number of quaternary nitrogens is 2. The van der Waals surface area contributed by atoms with Gasteiger partial charge in [0.15, 0.2) is 0 Å². The van der Waals surface area contributed by atoms with Crippen LogP contribution in [-0.4, -0.2) is 56.3 Å². The minimum Gasteiger partial charge on any atom is -0.327 e. The van der Waals surface area contributed by atoms with Crippen molar-refractivity contribution >= 4 is 0 Å². The standard InChI is InChI=1S/C32H68N.C10H16N.2ClHO4/c1-5-9-13-17-21-25-29-33(30-26-22-18-14-10-6-2,31-27-23-19-15-11-7-3)32-28-24-20-16-12-8-4;1-11(2,3)9-10-7-5-4-6-8-10;2*2-1(3,4)5/h5-32H2,1-4H3;4-8H,9H2,1-3H3;2*(H,2,3,4,5)/q2*+1;;/p-2. The predicted molar refractivity (Wildman–Crippen MR) is 201 cm³/mol. The van der Waals surface area contributed by atoms with E-state index in [0.717, 1.165) is 11.0 Å². The second kappa shape index (κ2) is 37.9. The van der Waals surface area contributed by atoms with E-state index >= 15 is 0 Å². The van der Waals surface area contributed by atoms with Gasteiger partial charge in [0.05, 0.1) is 47.3 Å². The highest BCUT2D eigenvalue weighted by Gasteiger charge is 2.25. The fourth-order valence-corrected chi connectivity index (χ4v) is 6.71. The van der Waals surface area contributed by atoms with Crippen molar-refractivity contribution in [3.8, 4) is 0 Å². The fraction of sp³-hybridized carbons (Fsp3) is 0.857. The zero-order valence-electron chi connectivity index (χ0n) is 35.8. The van der Waals surface area contributed by atoms with Crippen molar-refractivity contribution < 1.29 is 66.7 Å². The molecule has 10 nitrogen and oxygen atoms in total. The largest absolute Gasteiger partial charge is 0.327 e. The molecule has 0 amide bonds. The van der Waals surface area contributed by atoms with Gasteiger partial charge in [0, 0.05) is 5.56 Å². The summed E-state index contributed by atoms with van der Waals surface area (Å²) in [7, 11) is -3.28. The Hall–Kier alpha value is -0.600. The molecule has 0 bridgehead atoms. The number of unbranched alkanes of at least 4 members (excludes halogenated alkanes) is 20. The second-order valence-corrected chi connectivity index (χ2v) is 17.5. The summed E-state index contributed by atoms with van der Waals surface area (Å²) in [5.41, 5.74) is 1.40. The van der Waals surface area contributed by atoms with Crippen molar-refractivity contribution in [1.82, 2.24) is 0 Å². The number of halogens is 2. The van der Waals surface area contributed by atoms with Gasteiger partial charge in [0.2, 0.25) is 0 Å². The zero-order chi connectivity index (χ0) is 41.6. The summed E-state index contributed by atoms with van der Waals surface area (Å²) < 4.78 is 70.4. The average Bonchev–Trinajstić information content (AvgIpc) is 3.06. The molecule has 0 N–H and O–H groups in total. The topological polar surface area (TPSA) is 184 Å². The Morgan fingerprint density at radius 3 is 0.815 bits per heavy atom. The van der Waals surface area contributed by atoms with Gasteiger partial charge >= 0.3 is 0 Å². The smallest absolute Gasteiger partial charge is 0.104 e. The number of benzene rings is 1. The van der Waals surface area contributed by atoms with Gasteiger partial charge < -0.3 is 8.97 Å². The van der Waals surface area contributed by atoms with Crippen molar-refractivity contribution in [2.24, 2.45) is 0 Å². The molecule has 0 saturated heterocycles. The number of nitrogens with zero attached hydrogens (tertiary/aromatic N) is 2. The van der Waals surface area contributed by atoms with Crippen molar-refractivity contribution in [2.45, 2.75) is 188 Å². The second-order valence-electron chi connectivity index (χ2n) is 16.0. The van der Waals surface area contributed by atoms with Crippen molar-refractivity contribution in [3.63, 3.8) is 0 Å². The molecule has 0 heterocycles. The molecule has 324 valence electrons. The highest BCUT2D eigenvalue weighted by atomic mass is 35.7. The molecule has 1 aromatic carbocycles. The van der Waals surface area contributed by atoms with Crippen LogP contribution < -0.4 is 37.3 Å². The van der Waals surface area contributed by atoms with Crippen LogP contribution in [0.15, 0.2) is 30.3 Å². The molecule has 0 fully saturated rings. The maximum atomic E-state index is 8.49. The van der Waals surface area contributed by atoms with E-state index < -0.39 is 20.5 Å². The monoisotopic (exact) mass is 815 g/mol. The Bertz CT molecular complexity index is 788. The summed E-state index contributed by atoms with van der Waals surface area (Å²) in [5, 5.41) is 0. The summed E-state index contributed by atoms with van der Waals surface area (Å²) in [6.45, 7) is 16.4. The molecule has 12 heteroatoms. The summed E-state index contributed by atoms with van der Waals surface area (Å²) in [5.74, 6) is 0. The van der Waals surface area contributed by atoms with E-state index in [1.807, 2.05) is 0 Å². The van der Waals surface area contributed by atoms with E-state index in [9.17, 15) is 0 Å². The fourth-order valence-electron chi connectivity index (χ4n) is 6.71. The number of rotatable bonds is 30. The first-order valence-corrected chi connectivity index (χ1v) is 23.7. The molecule has 0 radical (unpaired) electrons. The highest BCUT2D eigenvalue weighted by Crippen LogP contribution is 2.21. The molecular formula is C42H84Cl2N2O8. The summed E-state index contributed by atoms with van der Waals surface area (Å²) in [6.07, 6.45) is 34.8. The van der Waals surface area contributed by atoms with Gasteiger partial charge in [-0.2, -0.15) is 0 Å². The van der Waals surface area contributed by atoms with Gasteiger partial charge in [0.25, 0.3) is 0 Å². The van der Waals surface area contributed by atoms with Gasteiger partial charge in [-0.15, -0.1) is 20.5 Å². The lowest BCUT2D eigenvalue weighted by molar-refractivity contribution is -2.00. The van der Waals surface area contributed by atoms with Crippen LogP contribution in [0.4, 0.5) is 0 Å². The van der Waals surface area contributed by atoms with Crippen LogP contribution in [-0.2, 0) is 6.54 Å². The minimum absolute atomic E-state index is 0.990. The summed E-state index contributed by atoms with van der Waals surface area (Å²) in [6, 6.07) is 10.6. The molecule has 0 atom stereocenters. The first-order chi connectivity index (χ1) is 25.3. The molecule has 54 heavy (non-hydrogen) atoms. The van der Waals surface area contributed by atoms with E-state index in [0.29, 0.717) is 0 Å². The third kappa shape index (κ3) is 55.7. The first kappa shape index (κ1) is 57.7. The summed E-state index contributed by atoms with van der Waals surface area (Å²) in [4.78, 5) is 0. The van der Waals surface area contributed by atoms with Crippen molar-refractivity contribution in [1.29, 1.82) is 0 Å². The third-order valence-corrected chi connectivity index (χ3v) is 9.44. The van der Waals surface area contributed by atoms with Gasteiger partial charge in [-0.1, -0.05) is 161 Å². The van der Waals surface area contributed by atoms with Crippen LogP contribution in [0.2, 0.25) is 0 Å². The van der Waals surface area contributed by atoms with Gasteiger partial charge in [-0.05, 0) is 51.4 Å². The van der Waals surface area contributed by atoms with Crippen LogP contribution in [0, 0.1) is 20.5 Å². The van der Waals surface area contributed by atoms with Gasteiger partial charge in [-0.3, -0.25) is 0 Å². The maximum Gasteiger partial charge on any atom is 0.104 e. The zero-order valence-corrected chi connectivity index (χ0v) is 37.3. The third-order valence-electron chi connectivity index (χ3n) is 9.44. The quantitative estimate of drug-likeness (QED) is 0.0833. The summed E-state index contributed by atoms with van der Waals surface area (Å²) >= 11 is 0. The molecule has 0 unspecified atom stereocenters. The molecule has 1 rings (SSSR count). The number of hydrogen-bond donors (Lipinski definition) is 0. The Kier molecular flexibility index (Phi) is 40.6. The minimum atomic E-state index is -4.94. The molecule has 0 aliphatic carbocycles. The van der Waals surface area contributed by atoms with Crippen LogP contribution in [0.3, 0.4) is 0 Å². The normalized spacial score (nSPS) is 11.9. The van der Waals surface area contributed by atoms with E-state index in [-0.39, 0.29) is 0 Å². The lowest BCUT2D eigenvalue weighted by Gasteiger charge is -2.40. The van der Waals surface area contributed by atoms with E-state index in [1.165, 1.54) is 190 Å². The van der Waals surface area contributed by atoms with Gasteiger partial charge in [0.1, 0.15) is 6.54 Å². The Morgan fingerprint density at radius 2 is 0.593 bits per heavy atom. The Morgan fingerprint density at radius 1 is 0.370 bits per heavy atom. The molecule has 0 aromatic heterocycles. The predicted octanol–water partition coefficient (Wildman–Crippen LogP) is 3.63. The Labute approximate surface area is 337 Å². The molecule has 1 aromatic rings. The highest BCUT2D eigenvalue weighted by molar-refractivity contribution is 5.13. The lowest BCUT2D eigenvalue weighted by atomic mass is 10.0. The molecule has 0 spiro atoms. The molecule has 0 aliphatic heterocycles. The molecule has 0 aliphatic rings. The van der Waals surface area contributed by atoms with Crippen LogP contribution in [0.5, 0.6) is 0 Å². The van der Waals surface area contributed by atoms with E-state index in [1.54, 1.807) is 0 Å². The first-order valence-electron chi connectivity index (χ1n) is 21.2. The van der Waals surface area contributed by atoms with Crippen molar-refractivity contribution in [3.05, 3.63) is 35.9 Å². The lowest BCUT2D eigenvalue weighted by Crippen LogP contribution is -2.68. The van der Waals surface area contributed by atoms with Crippen LogP contribution in [0.1, 0.15) is 187 Å². The van der Waals surface area contributed by atoms with Crippen LogP contribution in [0.25, 0.3) is 0 Å².